The van der Waals surface area contributed by atoms with Gasteiger partial charge in [0.2, 0.25) is 0 Å². The first kappa shape index (κ1) is 13.4. The number of nitrogens with one attached hydrogen (secondary N) is 1. The summed E-state index contributed by atoms with van der Waals surface area (Å²) < 4.78 is 0. The van der Waals surface area contributed by atoms with Crippen LogP contribution in [0.4, 0.5) is 11.5 Å². The first-order valence-corrected chi connectivity index (χ1v) is 6.35. The third kappa shape index (κ3) is 2.88. The van der Waals surface area contributed by atoms with Gasteiger partial charge in [0, 0.05) is 11.9 Å². The van der Waals surface area contributed by atoms with Crippen LogP contribution in [0.25, 0.3) is 0 Å². The van der Waals surface area contributed by atoms with Crippen molar-refractivity contribution in [1.82, 2.24) is 9.97 Å². The Hall–Kier alpha value is -2.01. The molecule has 4 nitrogen and oxygen atoms in total. The maximum absolute atomic E-state index is 5.79. The van der Waals surface area contributed by atoms with E-state index in [1.807, 2.05) is 32.9 Å². The first-order chi connectivity index (χ1) is 8.99. The zero-order valence-electron chi connectivity index (χ0n) is 11.2. The lowest BCUT2D eigenvalue weighted by Gasteiger charge is -2.14. The number of aryl methyl sites for hydroxylation is 3. The van der Waals surface area contributed by atoms with Crippen LogP contribution in [0.3, 0.4) is 0 Å². The Morgan fingerprint density at radius 1 is 1.26 bits per heavy atom. The number of hydrogen-bond acceptors (Lipinski definition) is 4. The standard InChI is InChI=1S/C14H16N4S/c1-8-4-5-16-7-11(8)18-14-12(13(15)19)9(2)6-10(3)17-14/h4-7H,1-3H3,(H2,15,19)(H,17,18). The van der Waals surface area contributed by atoms with E-state index >= 15 is 0 Å². The summed E-state index contributed by atoms with van der Waals surface area (Å²) in [5.74, 6) is 0.682. The molecule has 0 unspecified atom stereocenters. The average molecular weight is 272 g/mol. The van der Waals surface area contributed by atoms with Crippen LogP contribution < -0.4 is 11.1 Å². The Morgan fingerprint density at radius 3 is 2.63 bits per heavy atom. The van der Waals surface area contributed by atoms with Crippen molar-refractivity contribution in [3.8, 4) is 0 Å². The van der Waals surface area contributed by atoms with Crippen molar-refractivity contribution >= 4 is 28.7 Å². The first-order valence-electron chi connectivity index (χ1n) is 5.94. The number of nitrogens with two attached hydrogens (primary N) is 1. The van der Waals surface area contributed by atoms with E-state index in [1.165, 1.54) is 0 Å². The van der Waals surface area contributed by atoms with Gasteiger partial charge in [-0.3, -0.25) is 4.98 Å². The van der Waals surface area contributed by atoms with Crippen molar-refractivity contribution in [3.63, 3.8) is 0 Å². The molecule has 0 bridgehead atoms. The van der Waals surface area contributed by atoms with Crippen LogP contribution in [0.15, 0.2) is 24.5 Å². The topological polar surface area (TPSA) is 63.8 Å². The molecule has 98 valence electrons. The number of pyridine rings is 2. The fraction of sp³-hybridized carbons (Fsp3) is 0.214. The van der Waals surface area contributed by atoms with E-state index in [-0.39, 0.29) is 0 Å². The highest BCUT2D eigenvalue weighted by atomic mass is 32.1. The highest BCUT2D eigenvalue weighted by Gasteiger charge is 2.12. The van der Waals surface area contributed by atoms with E-state index < -0.39 is 0 Å². The minimum absolute atomic E-state index is 0.342. The van der Waals surface area contributed by atoms with Gasteiger partial charge in [-0.25, -0.2) is 4.98 Å². The van der Waals surface area contributed by atoms with E-state index in [0.29, 0.717) is 10.8 Å². The van der Waals surface area contributed by atoms with Crippen molar-refractivity contribution in [2.24, 2.45) is 5.73 Å². The van der Waals surface area contributed by atoms with Gasteiger partial charge in [-0.15, -0.1) is 0 Å². The number of hydrogen-bond donors (Lipinski definition) is 2. The molecule has 2 aromatic rings. The maximum Gasteiger partial charge on any atom is 0.141 e. The second-order valence-corrected chi connectivity index (χ2v) is 4.92. The second kappa shape index (κ2) is 5.32. The minimum Gasteiger partial charge on any atom is -0.389 e. The molecule has 0 spiro atoms. The summed E-state index contributed by atoms with van der Waals surface area (Å²) in [7, 11) is 0. The third-order valence-electron chi connectivity index (χ3n) is 2.88. The summed E-state index contributed by atoms with van der Waals surface area (Å²) in [4.78, 5) is 8.93. The number of thiocarbonyl (C=S) groups is 1. The fourth-order valence-corrected chi connectivity index (χ4v) is 2.22. The van der Waals surface area contributed by atoms with Crippen LogP contribution in [0.5, 0.6) is 0 Å². The molecular weight excluding hydrogens is 256 g/mol. The van der Waals surface area contributed by atoms with Crippen LogP contribution in [-0.2, 0) is 0 Å². The normalized spacial score (nSPS) is 10.3. The second-order valence-electron chi connectivity index (χ2n) is 4.48. The predicted molar refractivity (Wildman–Crippen MR) is 81.9 cm³/mol. The van der Waals surface area contributed by atoms with E-state index in [1.54, 1.807) is 12.4 Å². The van der Waals surface area contributed by atoms with E-state index in [2.05, 4.69) is 15.3 Å². The zero-order valence-corrected chi connectivity index (χ0v) is 12.0. The molecule has 0 aromatic carbocycles. The molecule has 0 aliphatic heterocycles. The Labute approximate surface area is 118 Å². The van der Waals surface area contributed by atoms with Crippen LogP contribution in [0.2, 0.25) is 0 Å². The molecular formula is C14H16N4S. The van der Waals surface area contributed by atoms with Crippen LogP contribution in [0, 0.1) is 20.8 Å². The Bertz CT molecular complexity index is 637. The molecule has 0 saturated carbocycles. The Balaban J connectivity index is 2.51. The summed E-state index contributed by atoms with van der Waals surface area (Å²) in [5, 5.41) is 3.26. The van der Waals surface area contributed by atoms with Crippen molar-refractivity contribution in [3.05, 3.63) is 46.9 Å². The van der Waals surface area contributed by atoms with Gasteiger partial charge in [0.25, 0.3) is 0 Å². The van der Waals surface area contributed by atoms with Gasteiger partial charge in [0.1, 0.15) is 10.8 Å². The molecule has 19 heavy (non-hydrogen) atoms. The largest absolute Gasteiger partial charge is 0.389 e. The van der Waals surface area contributed by atoms with Crippen LogP contribution in [-0.4, -0.2) is 15.0 Å². The Kier molecular flexibility index (Phi) is 3.76. The van der Waals surface area contributed by atoms with Gasteiger partial charge in [0.15, 0.2) is 0 Å². The number of anilines is 2. The SMILES string of the molecule is Cc1cc(C)c(C(N)=S)c(Nc2cnccc2C)n1. The molecule has 0 aliphatic rings. The van der Waals surface area contributed by atoms with Gasteiger partial charge < -0.3 is 11.1 Å². The molecule has 0 radical (unpaired) electrons. The molecule has 0 atom stereocenters. The molecule has 2 aromatic heterocycles. The van der Waals surface area contributed by atoms with Gasteiger partial charge in [-0.1, -0.05) is 12.2 Å². The smallest absolute Gasteiger partial charge is 0.141 e. The van der Waals surface area contributed by atoms with Crippen molar-refractivity contribution in [2.45, 2.75) is 20.8 Å². The molecule has 0 aliphatic carbocycles. The van der Waals surface area contributed by atoms with Gasteiger partial charge in [0.05, 0.1) is 17.4 Å². The summed E-state index contributed by atoms with van der Waals surface area (Å²) in [6.45, 7) is 5.93. The van der Waals surface area contributed by atoms with Gasteiger partial charge in [-0.05, 0) is 44.0 Å². The molecule has 2 heterocycles. The summed E-state index contributed by atoms with van der Waals surface area (Å²) >= 11 is 5.11. The molecule has 0 amide bonds. The molecule has 3 N–H and O–H groups in total. The van der Waals surface area contributed by atoms with Crippen LogP contribution >= 0.6 is 12.2 Å². The maximum atomic E-state index is 5.79. The van der Waals surface area contributed by atoms with Gasteiger partial charge >= 0.3 is 0 Å². The highest BCUT2D eigenvalue weighted by molar-refractivity contribution is 7.80. The summed E-state index contributed by atoms with van der Waals surface area (Å²) in [6.07, 6.45) is 3.52. The summed E-state index contributed by atoms with van der Waals surface area (Å²) in [5.41, 5.74) is 10.5. The van der Waals surface area contributed by atoms with Gasteiger partial charge in [-0.2, -0.15) is 0 Å². The van der Waals surface area contributed by atoms with E-state index in [9.17, 15) is 0 Å². The number of nitrogens with zero attached hydrogens (tertiary/aromatic N) is 2. The van der Waals surface area contributed by atoms with E-state index in [0.717, 1.165) is 28.1 Å². The van der Waals surface area contributed by atoms with Crippen molar-refractivity contribution in [2.75, 3.05) is 5.32 Å². The summed E-state index contributed by atoms with van der Waals surface area (Å²) in [6, 6.07) is 3.90. The lowest BCUT2D eigenvalue weighted by Crippen LogP contribution is -2.15. The number of aromatic nitrogens is 2. The molecule has 5 heteroatoms. The highest BCUT2D eigenvalue weighted by Crippen LogP contribution is 2.24. The van der Waals surface area contributed by atoms with Crippen molar-refractivity contribution in [1.29, 1.82) is 0 Å². The average Bonchev–Trinajstić information content (AvgIpc) is 2.30. The minimum atomic E-state index is 0.342. The van der Waals surface area contributed by atoms with Crippen molar-refractivity contribution < 1.29 is 0 Å². The lowest BCUT2D eigenvalue weighted by atomic mass is 10.1. The predicted octanol–water partition coefficient (Wildman–Crippen LogP) is 2.78. The fourth-order valence-electron chi connectivity index (χ4n) is 1.96. The number of rotatable bonds is 3. The molecule has 0 saturated heterocycles. The lowest BCUT2D eigenvalue weighted by molar-refractivity contribution is 1.16. The van der Waals surface area contributed by atoms with E-state index in [4.69, 9.17) is 18.0 Å². The zero-order chi connectivity index (χ0) is 14.0. The Morgan fingerprint density at radius 2 is 2.00 bits per heavy atom. The quantitative estimate of drug-likeness (QED) is 0.841. The monoisotopic (exact) mass is 272 g/mol. The third-order valence-corrected chi connectivity index (χ3v) is 3.09. The molecule has 0 fully saturated rings. The van der Waals surface area contributed by atoms with Crippen LogP contribution in [0.1, 0.15) is 22.4 Å². The molecule has 2 rings (SSSR count).